The summed E-state index contributed by atoms with van der Waals surface area (Å²) in [5, 5.41) is 19.7. The smallest absolute Gasteiger partial charge is 0.328 e. The molecule has 3 rings (SSSR count). The largest absolute Gasteiger partial charge is 0.478 e. The van der Waals surface area contributed by atoms with Crippen LogP contribution in [0.4, 0.5) is 5.69 Å². The second kappa shape index (κ2) is 8.12. The van der Waals surface area contributed by atoms with E-state index in [1.807, 2.05) is 13.1 Å². The molecule has 0 radical (unpaired) electrons. The van der Waals surface area contributed by atoms with E-state index in [0.717, 1.165) is 18.0 Å². The Bertz CT molecular complexity index is 634. The zero-order chi connectivity index (χ0) is 17.7. The number of nitrogens with zero attached hydrogens (tertiary/aromatic N) is 2. The molecule has 0 amide bonds. The molecule has 3 heterocycles. The number of anilines is 1. The Labute approximate surface area is 144 Å². The predicted octanol–water partition coefficient (Wildman–Crippen LogP) is 1.55. The predicted molar refractivity (Wildman–Crippen MR) is 90.5 cm³/mol. The van der Waals surface area contributed by atoms with E-state index in [-0.39, 0.29) is 0 Å². The average molecular weight is 354 g/mol. The third-order valence-corrected chi connectivity index (χ3v) is 4.52. The van der Waals surface area contributed by atoms with Gasteiger partial charge in [0.1, 0.15) is 5.15 Å². The van der Waals surface area contributed by atoms with Crippen LogP contribution in [0.2, 0.25) is 5.15 Å². The second-order valence-corrected chi connectivity index (χ2v) is 6.14. The highest BCUT2D eigenvalue weighted by atomic mass is 35.5. The van der Waals surface area contributed by atoms with Gasteiger partial charge in [-0.2, -0.15) is 0 Å². The van der Waals surface area contributed by atoms with Crippen molar-refractivity contribution in [3.63, 3.8) is 0 Å². The number of pyridine rings is 1. The number of nitrogens with one attached hydrogen (secondary N) is 1. The molecular formula is C16H20ClN3O4. The fraction of sp³-hybridized carbons (Fsp3) is 0.438. The maximum Gasteiger partial charge on any atom is 0.328 e. The van der Waals surface area contributed by atoms with Gasteiger partial charge in [-0.15, -0.1) is 0 Å². The Morgan fingerprint density at radius 3 is 2.58 bits per heavy atom. The average Bonchev–Trinajstić information content (AvgIpc) is 2.51. The van der Waals surface area contributed by atoms with E-state index in [1.54, 1.807) is 0 Å². The van der Waals surface area contributed by atoms with Crippen molar-refractivity contribution >= 4 is 29.2 Å². The molecule has 1 aromatic heterocycles. The first-order valence-electron chi connectivity index (χ1n) is 7.62. The minimum Gasteiger partial charge on any atom is -0.478 e. The van der Waals surface area contributed by atoms with Crippen LogP contribution in [0.1, 0.15) is 12.0 Å². The highest BCUT2D eigenvalue weighted by Gasteiger charge is 2.40. The maximum absolute atomic E-state index is 9.55. The molecular weight excluding hydrogens is 334 g/mol. The van der Waals surface area contributed by atoms with Crippen molar-refractivity contribution in [1.82, 2.24) is 10.3 Å². The molecule has 0 saturated carbocycles. The number of halogens is 1. The zero-order valence-electron chi connectivity index (χ0n) is 13.3. The van der Waals surface area contributed by atoms with Crippen LogP contribution in [0.15, 0.2) is 24.4 Å². The van der Waals surface area contributed by atoms with E-state index in [1.165, 1.54) is 25.2 Å². The van der Waals surface area contributed by atoms with Gasteiger partial charge in [0, 0.05) is 31.3 Å². The topological polar surface area (TPSA) is 103 Å². The Morgan fingerprint density at radius 1 is 1.38 bits per heavy atom. The molecule has 0 spiro atoms. The molecule has 3 N–H and O–H groups in total. The highest BCUT2D eigenvalue weighted by molar-refractivity contribution is 6.30. The van der Waals surface area contributed by atoms with E-state index >= 15 is 0 Å². The lowest BCUT2D eigenvalue weighted by Crippen LogP contribution is -2.63. The van der Waals surface area contributed by atoms with Gasteiger partial charge in [0.05, 0.1) is 11.9 Å². The quantitative estimate of drug-likeness (QED) is 0.559. The number of rotatable bonds is 3. The fourth-order valence-electron chi connectivity index (χ4n) is 2.86. The number of hydrogen-bond donors (Lipinski definition) is 3. The van der Waals surface area contributed by atoms with E-state index in [0.29, 0.717) is 23.3 Å². The van der Waals surface area contributed by atoms with Crippen LogP contribution in [0.25, 0.3) is 0 Å². The number of fused-ring (bicyclic) bond motifs is 1. The van der Waals surface area contributed by atoms with Crippen molar-refractivity contribution < 1.29 is 19.8 Å². The number of piperidine rings is 1. The summed E-state index contributed by atoms with van der Waals surface area (Å²) >= 11 is 5.94. The first-order chi connectivity index (χ1) is 11.4. The summed E-state index contributed by atoms with van der Waals surface area (Å²) in [4.78, 5) is 25.8. The van der Waals surface area contributed by atoms with E-state index in [2.05, 4.69) is 21.3 Å². The number of aromatic nitrogens is 1. The first kappa shape index (κ1) is 18.2. The monoisotopic (exact) mass is 353 g/mol. The van der Waals surface area contributed by atoms with Crippen LogP contribution in [-0.4, -0.2) is 52.8 Å². The number of aliphatic carboxylic acids is 2. The van der Waals surface area contributed by atoms with Crippen LogP contribution in [0.5, 0.6) is 0 Å². The molecule has 1 aromatic rings. The third-order valence-electron chi connectivity index (χ3n) is 4.12. The number of carboxylic acids is 2. The molecule has 2 atom stereocenters. The second-order valence-electron chi connectivity index (χ2n) is 5.78. The summed E-state index contributed by atoms with van der Waals surface area (Å²) < 4.78 is 0. The van der Waals surface area contributed by atoms with Gasteiger partial charge >= 0.3 is 11.9 Å². The minimum absolute atomic E-state index is 0.558. The Balaban J connectivity index is 0.000000224. The van der Waals surface area contributed by atoms with Gasteiger partial charge in [-0.25, -0.2) is 14.6 Å². The van der Waals surface area contributed by atoms with Crippen molar-refractivity contribution in [2.45, 2.75) is 19.4 Å². The van der Waals surface area contributed by atoms with Gasteiger partial charge in [-0.3, -0.25) is 0 Å². The van der Waals surface area contributed by atoms with Crippen LogP contribution >= 0.6 is 11.6 Å². The molecule has 24 heavy (non-hydrogen) atoms. The molecule has 0 aliphatic carbocycles. The Morgan fingerprint density at radius 2 is 2.04 bits per heavy atom. The van der Waals surface area contributed by atoms with Gasteiger partial charge in [0.2, 0.25) is 0 Å². The molecule has 130 valence electrons. The Hall–Kier alpha value is -2.12. The lowest BCUT2D eigenvalue weighted by atomic mass is 9.83. The summed E-state index contributed by atoms with van der Waals surface area (Å²) in [5.41, 5.74) is 2.28. The molecule has 2 aliphatic heterocycles. The van der Waals surface area contributed by atoms with Gasteiger partial charge in [0.15, 0.2) is 0 Å². The van der Waals surface area contributed by atoms with Crippen LogP contribution in [0, 0.1) is 12.8 Å². The van der Waals surface area contributed by atoms with Crippen LogP contribution < -0.4 is 10.2 Å². The van der Waals surface area contributed by atoms with Crippen molar-refractivity contribution in [2.24, 2.45) is 5.92 Å². The van der Waals surface area contributed by atoms with Crippen LogP contribution in [-0.2, 0) is 9.59 Å². The minimum atomic E-state index is -1.26. The maximum atomic E-state index is 9.55. The highest BCUT2D eigenvalue weighted by Crippen LogP contribution is 2.34. The lowest BCUT2D eigenvalue weighted by Gasteiger charge is -2.52. The molecule has 2 aliphatic rings. The SMILES string of the molecule is Cc1cc(N2C[C@@H]3CCNC[C@@H]32)cnc1Cl.O=C(O)/C=C/C(=O)O. The van der Waals surface area contributed by atoms with Gasteiger partial charge < -0.3 is 20.4 Å². The molecule has 8 heteroatoms. The van der Waals surface area contributed by atoms with Gasteiger partial charge in [-0.05, 0) is 37.4 Å². The molecule has 2 fully saturated rings. The molecule has 0 unspecified atom stereocenters. The van der Waals surface area contributed by atoms with Crippen molar-refractivity contribution in [2.75, 3.05) is 24.5 Å². The molecule has 0 aromatic carbocycles. The summed E-state index contributed by atoms with van der Waals surface area (Å²) in [6.07, 6.45) is 4.31. The van der Waals surface area contributed by atoms with Crippen molar-refractivity contribution in [3.8, 4) is 0 Å². The fourth-order valence-corrected chi connectivity index (χ4v) is 2.97. The molecule has 7 nitrogen and oxygen atoms in total. The number of hydrogen-bond acceptors (Lipinski definition) is 5. The molecule has 2 saturated heterocycles. The summed E-state index contributed by atoms with van der Waals surface area (Å²) in [5.74, 6) is -1.64. The van der Waals surface area contributed by atoms with Gasteiger partial charge in [-0.1, -0.05) is 11.6 Å². The van der Waals surface area contributed by atoms with Crippen LogP contribution in [0.3, 0.4) is 0 Å². The first-order valence-corrected chi connectivity index (χ1v) is 7.99. The van der Waals surface area contributed by atoms with E-state index in [9.17, 15) is 9.59 Å². The number of carboxylic acid groups (broad SMARTS) is 2. The summed E-state index contributed by atoms with van der Waals surface area (Å²) in [6.45, 7) is 5.46. The van der Waals surface area contributed by atoms with Crippen molar-refractivity contribution in [1.29, 1.82) is 0 Å². The Kier molecular flexibility index (Phi) is 6.16. The number of aryl methyl sites for hydroxylation is 1. The van der Waals surface area contributed by atoms with Gasteiger partial charge in [0.25, 0.3) is 0 Å². The third kappa shape index (κ3) is 4.69. The standard InChI is InChI=1S/C12H16ClN3.C4H4O4/c1-8-4-10(5-15-12(8)13)16-7-9-2-3-14-6-11(9)16;5-3(6)1-2-4(7)8/h4-5,9,11,14H,2-3,6-7H2,1H3;1-2H,(H,5,6)(H,7,8)/b;2-1+/t9-,11-;/m0./s1. The lowest BCUT2D eigenvalue weighted by molar-refractivity contribution is -0.134. The summed E-state index contributed by atoms with van der Waals surface area (Å²) in [6, 6.07) is 2.80. The van der Waals surface area contributed by atoms with E-state index in [4.69, 9.17) is 21.8 Å². The zero-order valence-corrected chi connectivity index (χ0v) is 14.0. The summed E-state index contributed by atoms with van der Waals surface area (Å²) in [7, 11) is 0. The van der Waals surface area contributed by atoms with Crippen molar-refractivity contribution in [3.05, 3.63) is 35.1 Å². The molecule has 0 bridgehead atoms. The van der Waals surface area contributed by atoms with E-state index < -0.39 is 11.9 Å². The number of carbonyl (C=O) groups is 2. The normalized spacial score (nSPS) is 22.2.